The summed E-state index contributed by atoms with van der Waals surface area (Å²) in [5.74, 6) is 0.686. The lowest BCUT2D eigenvalue weighted by Gasteiger charge is -2.34. The third-order valence-electron chi connectivity index (χ3n) is 3.10. The van der Waals surface area contributed by atoms with Crippen molar-refractivity contribution in [1.82, 2.24) is 5.32 Å². The van der Waals surface area contributed by atoms with Crippen LogP contribution >= 0.6 is 0 Å². The molecule has 1 unspecified atom stereocenters. The lowest BCUT2D eigenvalue weighted by molar-refractivity contribution is 0.0429. The van der Waals surface area contributed by atoms with Crippen molar-refractivity contribution in [3.63, 3.8) is 0 Å². The molecule has 0 aromatic rings. The number of hydrogen-bond donors (Lipinski definition) is 1. The zero-order chi connectivity index (χ0) is 11.2. The summed E-state index contributed by atoms with van der Waals surface area (Å²) >= 11 is 0. The summed E-state index contributed by atoms with van der Waals surface area (Å²) in [6, 6.07) is 0. The van der Waals surface area contributed by atoms with Crippen molar-refractivity contribution < 1.29 is 4.74 Å². The van der Waals surface area contributed by atoms with Crippen LogP contribution in [0.3, 0.4) is 0 Å². The van der Waals surface area contributed by atoms with Crippen LogP contribution in [-0.4, -0.2) is 26.3 Å². The molecule has 86 valence electrons. The topological polar surface area (TPSA) is 21.3 Å². The SMILES string of the molecule is CNCC(C)(CCOC(C)C)C(C)C. The van der Waals surface area contributed by atoms with Crippen LogP contribution < -0.4 is 5.32 Å². The molecule has 0 fully saturated rings. The molecule has 2 nitrogen and oxygen atoms in total. The van der Waals surface area contributed by atoms with E-state index in [1.807, 2.05) is 7.05 Å². The molecule has 0 saturated heterocycles. The Balaban J connectivity index is 3.96. The van der Waals surface area contributed by atoms with E-state index in [2.05, 4.69) is 39.9 Å². The van der Waals surface area contributed by atoms with Crippen LogP contribution in [0.1, 0.15) is 41.0 Å². The van der Waals surface area contributed by atoms with E-state index in [-0.39, 0.29) is 0 Å². The zero-order valence-electron chi connectivity index (χ0n) is 10.7. The van der Waals surface area contributed by atoms with Crippen LogP contribution in [-0.2, 0) is 4.74 Å². The van der Waals surface area contributed by atoms with Crippen LogP contribution in [0, 0.1) is 11.3 Å². The van der Waals surface area contributed by atoms with E-state index in [0.717, 1.165) is 19.6 Å². The van der Waals surface area contributed by atoms with Gasteiger partial charge in [-0.15, -0.1) is 0 Å². The molecule has 0 rings (SSSR count). The Morgan fingerprint density at radius 3 is 2.14 bits per heavy atom. The van der Waals surface area contributed by atoms with E-state index in [1.54, 1.807) is 0 Å². The average molecular weight is 201 g/mol. The molecule has 0 aliphatic carbocycles. The second-order valence-electron chi connectivity index (χ2n) is 5.01. The fourth-order valence-corrected chi connectivity index (χ4v) is 1.51. The molecule has 0 amide bonds. The normalized spacial score (nSPS) is 16.3. The molecule has 0 spiro atoms. The van der Waals surface area contributed by atoms with Gasteiger partial charge in [-0.1, -0.05) is 20.8 Å². The van der Waals surface area contributed by atoms with Crippen LogP contribution in [0.15, 0.2) is 0 Å². The van der Waals surface area contributed by atoms with Crippen molar-refractivity contribution in [2.24, 2.45) is 11.3 Å². The van der Waals surface area contributed by atoms with Gasteiger partial charge in [0.2, 0.25) is 0 Å². The second kappa shape index (κ2) is 6.41. The minimum atomic E-state index is 0.348. The van der Waals surface area contributed by atoms with Crippen molar-refractivity contribution in [1.29, 1.82) is 0 Å². The summed E-state index contributed by atoms with van der Waals surface area (Å²) in [6.45, 7) is 13.0. The monoisotopic (exact) mass is 201 g/mol. The van der Waals surface area contributed by atoms with Crippen LogP contribution in [0.25, 0.3) is 0 Å². The third kappa shape index (κ3) is 4.97. The standard InChI is InChI=1S/C12H27NO/c1-10(2)12(5,9-13-6)7-8-14-11(3)4/h10-11,13H,7-9H2,1-6H3. The molecular weight excluding hydrogens is 174 g/mol. The molecule has 14 heavy (non-hydrogen) atoms. The van der Waals surface area contributed by atoms with E-state index < -0.39 is 0 Å². The Kier molecular flexibility index (Phi) is 6.38. The highest BCUT2D eigenvalue weighted by Gasteiger charge is 2.27. The fraction of sp³-hybridized carbons (Fsp3) is 1.00. The summed E-state index contributed by atoms with van der Waals surface area (Å²) in [5.41, 5.74) is 0.351. The first kappa shape index (κ1) is 13.9. The fourth-order valence-electron chi connectivity index (χ4n) is 1.51. The Hall–Kier alpha value is -0.0800. The van der Waals surface area contributed by atoms with Gasteiger partial charge in [0.15, 0.2) is 0 Å². The summed E-state index contributed by atoms with van der Waals surface area (Å²) in [7, 11) is 2.02. The van der Waals surface area contributed by atoms with E-state index in [4.69, 9.17) is 4.74 Å². The molecule has 0 aliphatic rings. The van der Waals surface area contributed by atoms with E-state index in [0.29, 0.717) is 17.4 Å². The first-order valence-corrected chi connectivity index (χ1v) is 5.68. The van der Waals surface area contributed by atoms with E-state index >= 15 is 0 Å². The Morgan fingerprint density at radius 1 is 1.21 bits per heavy atom. The van der Waals surface area contributed by atoms with Gasteiger partial charge < -0.3 is 10.1 Å². The van der Waals surface area contributed by atoms with Gasteiger partial charge in [0.25, 0.3) is 0 Å². The minimum absolute atomic E-state index is 0.348. The Labute approximate surface area is 89.4 Å². The van der Waals surface area contributed by atoms with E-state index in [1.165, 1.54) is 0 Å². The second-order valence-corrected chi connectivity index (χ2v) is 5.01. The van der Waals surface area contributed by atoms with E-state index in [9.17, 15) is 0 Å². The quantitative estimate of drug-likeness (QED) is 0.684. The molecule has 0 bridgehead atoms. The van der Waals surface area contributed by atoms with Crippen molar-refractivity contribution in [3.05, 3.63) is 0 Å². The van der Waals surface area contributed by atoms with Crippen molar-refractivity contribution in [2.75, 3.05) is 20.2 Å². The highest BCUT2D eigenvalue weighted by molar-refractivity contribution is 4.79. The molecular formula is C12H27NO. The minimum Gasteiger partial charge on any atom is -0.379 e. The van der Waals surface area contributed by atoms with Crippen molar-refractivity contribution in [2.45, 2.75) is 47.1 Å². The van der Waals surface area contributed by atoms with Crippen LogP contribution in [0.4, 0.5) is 0 Å². The Bertz CT molecular complexity index is 145. The highest BCUT2D eigenvalue weighted by Crippen LogP contribution is 2.30. The third-order valence-corrected chi connectivity index (χ3v) is 3.10. The van der Waals surface area contributed by atoms with Gasteiger partial charge in [-0.2, -0.15) is 0 Å². The molecule has 0 heterocycles. The van der Waals surface area contributed by atoms with Gasteiger partial charge in [0.1, 0.15) is 0 Å². The number of rotatable bonds is 7. The maximum absolute atomic E-state index is 5.61. The van der Waals surface area contributed by atoms with Crippen LogP contribution in [0.2, 0.25) is 0 Å². The number of nitrogens with one attached hydrogen (secondary N) is 1. The predicted octanol–water partition coefficient (Wildman–Crippen LogP) is 2.68. The zero-order valence-corrected chi connectivity index (χ0v) is 10.7. The van der Waals surface area contributed by atoms with Gasteiger partial charge >= 0.3 is 0 Å². The van der Waals surface area contributed by atoms with Crippen molar-refractivity contribution >= 4 is 0 Å². The van der Waals surface area contributed by atoms with Gasteiger partial charge in [-0.25, -0.2) is 0 Å². The molecule has 0 saturated carbocycles. The molecule has 1 atom stereocenters. The molecule has 0 aromatic heterocycles. The average Bonchev–Trinajstić information content (AvgIpc) is 2.03. The van der Waals surface area contributed by atoms with Crippen LogP contribution in [0.5, 0.6) is 0 Å². The smallest absolute Gasteiger partial charge is 0.0518 e. The molecule has 2 heteroatoms. The van der Waals surface area contributed by atoms with Gasteiger partial charge in [-0.3, -0.25) is 0 Å². The highest BCUT2D eigenvalue weighted by atomic mass is 16.5. The maximum Gasteiger partial charge on any atom is 0.0518 e. The van der Waals surface area contributed by atoms with Crippen molar-refractivity contribution in [3.8, 4) is 0 Å². The molecule has 0 aromatic carbocycles. The largest absolute Gasteiger partial charge is 0.379 e. The number of hydrogen-bond acceptors (Lipinski definition) is 2. The number of ether oxygens (including phenoxy) is 1. The van der Waals surface area contributed by atoms with Gasteiger partial charge in [-0.05, 0) is 38.6 Å². The summed E-state index contributed by atoms with van der Waals surface area (Å²) < 4.78 is 5.61. The molecule has 0 aliphatic heterocycles. The maximum atomic E-state index is 5.61. The predicted molar refractivity (Wildman–Crippen MR) is 62.6 cm³/mol. The Morgan fingerprint density at radius 2 is 1.79 bits per heavy atom. The summed E-state index contributed by atoms with van der Waals surface area (Å²) in [6.07, 6.45) is 1.48. The first-order chi connectivity index (χ1) is 6.42. The first-order valence-electron chi connectivity index (χ1n) is 5.68. The molecule has 0 radical (unpaired) electrons. The van der Waals surface area contributed by atoms with Gasteiger partial charge in [0, 0.05) is 13.2 Å². The van der Waals surface area contributed by atoms with Gasteiger partial charge in [0.05, 0.1) is 6.10 Å². The summed E-state index contributed by atoms with van der Waals surface area (Å²) in [5, 5.41) is 3.27. The lowest BCUT2D eigenvalue weighted by atomic mass is 9.76. The summed E-state index contributed by atoms with van der Waals surface area (Å²) in [4.78, 5) is 0. The molecule has 1 N–H and O–H groups in total. The lowest BCUT2D eigenvalue weighted by Crippen LogP contribution is -2.35.